The maximum absolute atomic E-state index is 5.60. The van der Waals surface area contributed by atoms with Crippen molar-refractivity contribution >= 4 is 11.8 Å². The Morgan fingerprint density at radius 2 is 2.21 bits per heavy atom. The average molecular weight is 211 g/mol. The van der Waals surface area contributed by atoms with Gasteiger partial charge >= 0.3 is 0 Å². The van der Waals surface area contributed by atoms with Crippen molar-refractivity contribution in [2.24, 2.45) is 5.73 Å². The Morgan fingerprint density at radius 1 is 1.43 bits per heavy atom. The molecule has 3 heteroatoms. The molecule has 14 heavy (non-hydrogen) atoms. The Bertz CT molecular complexity index is 289. The molecular weight excluding hydrogens is 194 g/mol. The van der Waals surface area contributed by atoms with Crippen molar-refractivity contribution < 1.29 is 4.74 Å². The summed E-state index contributed by atoms with van der Waals surface area (Å²) >= 11 is 1.81. The molecule has 0 bridgehead atoms. The number of hydrogen-bond donors (Lipinski definition) is 1. The Kier molecular flexibility index (Phi) is 5.01. The number of thioether (sulfide) groups is 1. The van der Waals surface area contributed by atoms with E-state index in [-0.39, 0.29) is 0 Å². The SMILES string of the molecule is COCCSc1ccc(CN)c(C)c1. The standard InChI is InChI=1S/C11H17NOS/c1-9-7-11(14-6-5-13-2)4-3-10(9)8-12/h3-4,7H,5-6,8,12H2,1-2H3. The molecule has 1 aromatic carbocycles. The average Bonchev–Trinajstić information content (AvgIpc) is 2.18. The van der Waals surface area contributed by atoms with Gasteiger partial charge in [-0.15, -0.1) is 11.8 Å². The second-order valence-corrected chi connectivity index (χ2v) is 4.30. The summed E-state index contributed by atoms with van der Waals surface area (Å²) in [4.78, 5) is 1.29. The molecular formula is C11H17NOS. The van der Waals surface area contributed by atoms with Gasteiger partial charge < -0.3 is 10.5 Å². The summed E-state index contributed by atoms with van der Waals surface area (Å²) in [6, 6.07) is 6.41. The van der Waals surface area contributed by atoms with E-state index in [0.29, 0.717) is 6.54 Å². The summed E-state index contributed by atoms with van der Waals surface area (Å²) in [5.41, 5.74) is 8.09. The van der Waals surface area contributed by atoms with E-state index in [4.69, 9.17) is 10.5 Å². The minimum atomic E-state index is 0.620. The van der Waals surface area contributed by atoms with Crippen molar-refractivity contribution in [3.63, 3.8) is 0 Å². The van der Waals surface area contributed by atoms with E-state index in [1.54, 1.807) is 7.11 Å². The quantitative estimate of drug-likeness (QED) is 0.599. The number of benzene rings is 1. The van der Waals surface area contributed by atoms with Crippen molar-refractivity contribution in [3.05, 3.63) is 29.3 Å². The van der Waals surface area contributed by atoms with Gasteiger partial charge in [0.1, 0.15) is 0 Å². The molecule has 0 spiro atoms. The molecule has 0 aliphatic carbocycles. The molecule has 2 nitrogen and oxygen atoms in total. The first kappa shape index (κ1) is 11.6. The van der Waals surface area contributed by atoms with Crippen LogP contribution in [0.15, 0.2) is 23.1 Å². The van der Waals surface area contributed by atoms with Gasteiger partial charge in [0.15, 0.2) is 0 Å². The Labute approximate surface area is 89.8 Å². The molecule has 0 fully saturated rings. The predicted octanol–water partition coefficient (Wildman–Crippen LogP) is 2.19. The normalized spacial score (nSPS) is 10.5. The molecule has 0 aliphatic rings. The van der Waals surface area contributed by atoms with Gasteiger partial charge in [-0.1, -0.05) is 6.07 Å². The largest absolute Gasteiger partial charge is 0.384 e. The molecule has 0 aromatic heterocycles. The summed E-state index contributed by atoms with van der Waals surface area (Å²) in [5.74, 6) is 0.998. The van der Waals surface area contributed by atoms with Crippen LogP contribution in [0.25, 0.3) is 0 Å². The van der Waals surface area contributed by atoms with E-state index in [1.165, 1.54) is 16.0 Å². The van der Waals surface area contributed by atoms with Gasteiger partial charge in [0.25, 0.3) is 0 Å². The third kappa shape index (κ3) is 3.33. The fourth-order valence-corrected chi connectivity index (χ4v) is 2.14. The summed E-state index contributed by atoms with van der Waals surface area (Å²) in [6.07, 6.45) is 0. The van der Waals surface area contributed by atoms with E-state index >= 15 is 0 Å². The molecule has 0 unspecified atom stereocenters. The minimum Gasteiger partial charge on any atom is -0.384 e. The third-order valence-electron chi connectivity index (χ3n) is 2.09. The zero-order valence-corrected chi connectivity index (χ0v) is 9.56. The van der Waals surface area contributed by atoms with E-state index in [1.807, 2.05) is 11.8 Å². The van der Waals surface area contributed by atoms with Crippen LogP contribution < -0.4 is 5.73 Å². The van der Waals surface area contributed by atoms with Crippen molar-refractivity contribution in [1.82, 2.24) is 0 Å². The van der Waals surface area contributed by atoms with Crippen LogP contribution in [0.3, 0.4) is 0 Å². The van der Waals surface area contributed by atoms with Crippen molar-refractivity contribution in [2.45, 2.75) is 18.4 Å². The molecule has 0 saturated carbocycles. The van der Waals surface area contributed by atoms with E-state index < -0.39 is 0 Å². The molecule has 0 atom stereocenters. The second-order valence-electron chi connectivity index (χ2n) is 3.13. The predicted molar refractivity (Wildman–Crippen MR) is 61.7 cm³/mol. The maximum atomic E-state index is 5.60. The van der Waals surface area contributed by atoms with Crippen LogP contribution in [0.2, 0.25) is 0 Å². The summed E-state index contributed by atoms with van der Waals surface area (Å²) in [6.45, 7) is 3.51. The Hall–Kier alpha value is -0.510. The van der Waals surface area contributed by atoms with Crippen LogP contribution in [0.4, 0.5) is 0 Å². The van der Waals surface area contributed by atoms with E-state index in [0.717, 1.165) is 12.4 Å². The first-order valence-electron chi connectivity index (χ1n) is 4.69. The molecule has 0 heterocycles. The molecule has 0 aliphatic heterocycles. The van der Waals surface area contributed by atoms with Gasteiger partial charge in [-0.2, -0.15) is 0 Å². The first-order valence-corrected chi connectivity index (χ1v) is 5.68. The van der Waals surface area contributed by atoms with Gasteiger partial charge in [-0.25, -0.2) is 0 Å². The highest BCUT2D eigenvalue weighted by Crippen LogP contribution is 2.20. The molecule has 78 valence electrons. The lowest BCUT2D eigenvalue weighted by Crippen LogP contribution is -1.99. The minimum absolute atomic E-state index is 0.620. The topological polar surface area (TPSA) is 35.2 Å². The number of ether oxygens (including phenoxy) is 1. The van der Waals surface area contributed by atoms with Gasteiger partial charge in [-0.05, 0) is 30.2 Å². The van der Waals surface area contributed by atoms with Gasteiger partial charge in [-0.3, -0.25) is 0 Å². The van der Waals surface area contributed by atoms with E-state index in [9.17, 15) is 0 Å². The Morgan fingerprint density at radius 3 is 2.79 bits per heavy atom. The highest BCUT2D eigenvalue weighted by Gasteiger charge is 1.98. The number of aryl methyl sites for hydroxylation is 1. The Balaban J connectivity index is 2.57. The second kappa shape index (κ2) is 6.06. The monoisotopic (exact) mass is 211 g/mol. The van der Waals surface area contributed by atoms with Crippen LogP contribution in [-0.4, -0.2) is 19.5 Å². The number of nitrogens with two attached hydrogens (primary N) is 1. The molecule has 0 saturated heterocycles. The van der Waals surface area contributed by atoms with Crippen molar-refractivity contribution in [2.75, 3.05) is 19.5 Å². The molecule has 0 amide bonds. The summed E-state index contributed by atoms with van der Waals surface area (Å²) in [5, 5.41) is 0. The lowest BCUT2D eigenvalue weighted by molar-refractivity contribution is 0.218. The highest BCUT2D eigenvalue weighted by atomic mass is 32.2. The summed E-state index contributed by atoms with van der Waals surface area (Å²) < 4.78 is 5.00. The number of hydrogen-bond acceptors (Lipinski definition) is 3. The van der Waals surface area contributed by atoms with Gasteiger partial charge in [0, 0.05) is 24.3 Å². The maximum Gasteiger partial charge on any atom is 0.0556 e. The van der Waals surface area contributed by atoms with Crippen molar-refractivity contribution in [1.29, 1.82) is 0 Å². The molecule has 2 N–H and O–H groups in total. The van der Waals surface area contributed by atoms with E-state index in [2.05, 4.69) is 25.1 Å². The lowest BCUT2D eigenvalue weighted by Gasteiger charge is -2.06. The number of methoxy groups -OCH3 is 1. The highest BCUT2D eigenvalue weighted by molar-refractivity contribution is 7.99. The van der Waals surface area contributed by atoms with Crippen molar-refractivity contribution in [3.8, 4) is 0 Å². The van der Waals surface area contributed by atoms with Crippen LogP contribution >= 0.6 is 11.8 Å². The fourth-order valence-electron chi connectivity index (χ4n) is 1.23. The first-order chi connectivity index (χ1) is 6.77. The summed E-state index contributed by atoms with van der Waals surface area (Å²) in [7, 11) is 1.73. The van der Waals surface area contributed by atoms with Crippen LogP contribution in [0.5, 0.6) is 0 Å². The fraction of sp³-hybridized carbons (Fsp3) is 0.455. The molecule has 1 aromatic rings. The van der Waals surface area contributed by atoms with Crippen LogP contribution in [-0.2, 0) is 11.3 Å². The number of rotatable bonds is 5. The molecule has 0 radical (unpaired) electrons. The van der Waals surface area contributed by atoms with Crippen LogP contribution in [0, 0.1) is 6.92 Å². The smallest absolute Gasteiger partial charge is 0.0556 e. The zero-order valence-electron chi connectivity index (χ0n) is 8.75. The lowest BCUT2D eigenvalue weighted by atomic mass is 10.1. The van der Waals surface area contributed by atoms with Gasteiger partial charge in [0.2, 0.25) is 0 Å². The van der Waals surface area contributed by atoms with Crippen LogP contribution in [0.1, 0.15) is 11.1 Å². The third-order valence-corrected chi connectivity index (χ3v) is 3.05. The zero-order chi connectivity index (χ0) is 10.4. The molecule has 1 rings (SSSR count). The van der Waals surface area contributed by atoms with Gasteiger partial charge in [0.05, 0.1) is 6.61 Å².